The van der Waals surface area contributed by atoms with Crippen molar-refractivity contribution in [2.75, 3.05) is 7.05 Å². The van der Waals surface area contributed by atoms with Gasteiger partial charge in [0, 0.05) is 19.6 Å². The van der Waals surface area contributed by atoms with E-state index in [4.69, 9.17) is 5.73 Å². The highest BCUT2D eigenvalue weighted by Gasteiger charge is 2.29. The van der Waals surface area contributed by atoms with Crippen molar-refractivity contribution in [2.45, 2.75) is 44.7 Å². The van der Waals surface area contributed by atoms with Gasteiger partial charge in [0.15, 0.2) is 0 Å². The van der Waals surface area contributed by atoms with Gasteiger partial charge in [-0.2, -0.15) is 0 Å². The fraction of sp³-hybridized carbons (Fsp3) is 0.562. The number of nitrogens with two attached hydrogens (primary N) is 1. The van der Waals surface area contributed by atoms with Crippen molar-refractivity contribution in [1.29, 1.82) is 0 Å². The molecular weight excluding hydrogens is 255 g/mol. The zero-order chi connectivity index (χ0) is 14.5. The van der Waals surface area contributed by atoms with Gasteiger partial charge in [0.1, 0.15) is 5.82 Å². The molecule has 20 heavy (non-hydrogen) atoms. The maximum Gasteiger partial charge on any atom is 0.227 e. The van der Waals surface area contributed by atoms with Crippen molar-refractivity contribution >= 4 is 5.91 Å². The summed E-state index contributed by atoms with van der Waals surface area (Å²) in [7, 11) is 1.77. The van der Waals surface area contributed by atoms with Crippen LogP contribution in [0.3, 0.4) is 0 Å². The summed E-state index contributed by atoms with van der Waals surface area (Å²) in [6, 6.07) is 6.34. The molecule has 0 heterocycles. The molecule has 1 fully saturated rings. The van der Waals surface area contributed by atoms with Gasteiger partial charge in [-0.05, 0) is 30.5 Å². The van der Waals surface area contributed by atoms with Crippen LogP contribution in [0.5, 0.6) is 0 Å². The molecule has 0 bridgehead atoms. The van der Waals surface area contributed by atoms with E-state index in [-0.39, 0.29) is 23.7 Å². The summed E-state index contributed by atoms with van der Waals surface area (Å²) in [5.41, 5.74) is 6.94. The van der Waals surface area contributed by atoms with Crippen LogP contribution in [0.4, 0.5) is 4.39 Å². The Hall–Kier alpha value is -1.42. The van der Waals surface area contributed by atoms with Crippen LogP contribution in [0, 0.1) is 11.7 Å². The van der Waals surface area contributed by atoms with Crippen molar-refractivity contribution in [1.82, 2.24) is 4.90 Å². The van der Waals surface area contributed by atoms with Gasteiger partial charge in [0.25, 0.3) is 0 Å². The first kappa shape index (κ1) is 15.0. The van der Waals surface area contributed by atoms with Crippen LogP contribution >= 0.6 is 0 Å². The Balaban J connectivity index is 2.00. The van der Waals surface area contributed by atoms with E-state index in [2.05, 4.69) is 0 Å². The second-order valence-electron chi connectivity index (χ2n) is 5.73. The first-order chi connectivity index (χ1) is 9.58. The van der Waals surface area contributed by atoms with Crippen molar-refractivity contribution in [3.8, 4) is 0 Å². The Labute approximate surface area is 120 Å². The maximum atomic E-state index is 13.2. The molecular formula is C16H23FN2O. The topological polar surface area (TPSA) is 46.3 Å². The lowest BCUT2D eigenvalue weighted by Crippen LogP contribution is -2.41. The lowest BCUT2D eigenvalue weighted by molar-refractivity contribution is -0.135. The highest BCUT2D eigenvalue weighted by atomic mass is 19.1. The number of amides is 1. The summed E-state index contributed by atoms with van der Waals surface area (Å²) in [5, 5.41) is 0. The second-order valence-corrected chi connectivity index (χ2v) is 5.73. The summed E-state index contributed by atoms with van der Waals surface area (Å²) in [5.74, 6) is -0.269. The Morgan fingerprint density at radius 2 is 2.10 bits per heavy atom. The van der Waals surface area contributed by atoms with E-state index in [9.17, 15) is 9.18 Å². The van der Waals surface area contributed by atoms with Gasteiger partial charge in [-0.15, -0.1) is 0 Å². The number of nitrogens with zero attached hydrogens (tertiary/aromatic N) is 1. The predicted octanol–water partition coefficient (Wildman–Crippen LogP) is 2.69. The first-order valence-electron chi connectivity index (χ1n) is 7.33. The summed E-state index contributed by atoms with van der Waals surface area (Å²) < 4.78 is 13.2. The lowest BCUT2D eigenvalue weighted by Gasteiger charge is -2.26. The van der Waals surface area contributed by atoms with E-state index >= 15 is 0 Å². The summed E-state index contributed by atoms with van der Waals surface area (Å²) >= 11 is 0. The highest BCUT2D eigenvalue weighted by molar-refractivity contribution is 5.79. The largest absolute Gasteiger partial charge is 0.341 e. The van der Waals surface area contributed by atoms with Crippen LogP contribution in [-0.4, -0.2) is 23.9 Å². The van der Waals surface area contributed by atoms with Gasteiger partial charge in [0.05, 0.1) is 5.92 Å². The zero-order valence-corrected chi connectivity index (χ0v) is 12.0. The average Bonchev–Trinajstić information content (AvgIpc) is 2.62. The summed E-state index contributed by atoms with van der Waals surface area (Å²) in [6.45, 7) is 0.430. The minimum Gasteiger partial charge on any atom is -0.341 e. The van der Waals surface area contributed by atoms with Crippen LogP contribution in [-0.2, 0) is 11.3 Å². The summed E-state index contributed by atoms with van der Waals surface area (Å²) in [4.78, 5) is 14.2. The molecule has 1 aliphatic rings. The number of carbonyl (C=O) groups is 1. The Morgan fingerprint density at radius 3 is 2.85 bits per heavy atom. The smallest absolute Gasteiger partial charge is 0.227 e. The van der Waals surface area contributed by atoms with E-state index in [0.717, 1.165) is 37.7 Å². The molecule has 0 saturated heterocycles. The van der Waals surface area contributed by atoms with E-state index in [1.807, 2.05) is 6.07 Å². The van der Waals surface area contributed by atoms with Crippen LogP contribution in [0.2, 0.25) is 0 Å². The number of benzene rings is 1. The van der Waals surface area contributed by atoms with Crippen molar-refractivity contribution < 1.29 is 9.18 Å². The molecule has 2 rings (SSSR count). The molecule has 1 aromatic carbocycles. The molecule has 0 radical (unpaired) electrons. The molecule has 3 nitrogen and oxygen atoms in total. The van der Waals surface area contributed by atoms with E-state index in [1.165, 1.54) is 12.1 Å². The molecule has 2 unspecified atom stereocenters. The maximum absolute atomic E-state index is 13.2. The molecule has 110 valence electrons. The lowest BCUT2D eigenvalue weighted by atomic mass is 9.94. The van der Waals surface area contributed by atoms with E-state index in [1.54, 1.807) is 18.0 Å². The standard InChI is InChI=1S/C16H23FN2O/c1-19(11-12-6-5-7-13(17)10-12)16(20)14-8-3-2-4-9-15(14)18/h5-7,10,14-15H,2-4,8-9,11,18H2,1H3. The number of halogens is 1. The van der Waals surface area contributed by atoms with Crippen LogP contribution in [0.25, 0.3) is 0 Å². The molecule has 1 aliphatic carbocycles. The number of hydrogen-bond acceptors (Lipinski definition) is 2. The normalized spacial score (nSPS) is 23.1. The molecule has 2 N–H and O–H groups in total. The van der Waals surface area contributed by atoms with Gasteiger partial charge in [-0.1, -0.05) is 31.4 Å². The Bertz CT molecular complexity index is 464. The fourth-order valence-corrected chi connectivity index (χ4v) is 2.91. The molecule has 1 amide bonds. The third-order valence-electron chi connectivity index (χ3n) is 4.07. The monoisotopic (exact) mass is 278 g/mol. The van der Waals surface area contributed by atoms with Crippen molar-refractivity contribution in [3.63, 3.8) is 0 Å². The van der Waals surface area contributed by atoms with Gasteiger partial charge >= 0.3 is 0 Å². The third kappa shape index (κ3) is 3.79. The van der Waals surface area contributed by atoms with Crippen LogP contribution in [0.15, 0.2) is 24.3 Å². The van der Waals surface area contributed by atoms with Gasteiger partial charge < -0.3 is 10.6 Å². The fourth-order valence-electron chi connectivity index (χ4n) is 2.91. The molecule has 4 heteroatoms. The average molecular weight is 278 g/mol. The van der Waals surface area contributed by atoms with Gasteiger partial charge in [-0.25, -0.2) is 4.39 Å². The number of rotatable bonds is 3. The van der Waals surface area contributed by atoms with E-state index in [0.29, 0.717) is 6.54 Å². The second kappa shape index (κ2) is 6.84. The number of carbonyl (C=O) groups excluding carboxylic acids is 1. The molecule has 0 spiro atoms. The molecule has 0 aromatic heterocycles. The zero-order valence-electron chi connectivity index (χ0n) is 12.0. The molecule has 0 aliphatic heterocycles. The van der Waals surface area contributed by atoms with Crippen molar-refractivity contribution in [3.05, 3.63) is 35.6 Å². The Morgan fingerprint density at radius 1 is 1.35 bits per heavy atom. The quantitative estimate of drug-likeness (QED) is 0.864. The van der Waals surface area contributed by atoms with Gasteiger partial charge in [0.2, 0.25) is 5.91 Å². The SMILES string of the molecule is CN(Cc1cccc(F)c1)C(=O)C1CCCCCC1N. The van der Waals surface area contributed by atoms with Crippen molar-refractivity contribution in [2.24, 2.45) is 11.7 Å². The highest BCUT2D eigenvalue weighted by Crippen LogP contribution is 2.24. The Kier molecular flexibility index (Phi) is 5.12. The minimum absolute atomic E-state index is 0.0417. The van der Waals surface area contributed by atoms with Crippen LogP contribution < -0.4 is 5.73 Å². The summed E-state index contributed by atoms with van der Waals surface area (Å²) in [6.07, 6.45) is 5.12. The molecule has 1 saturated carbocycles. The van der Waals surface area contributed by atoms with Gasteiger partial charge in [-0.3, -0.25) is 4.79 Å². The minimum atomic E-state index is -0.269. The predicted molar refractivity (Wildman–Crippen MR) is 77.4 cm³/mol. The molecule has 1 aromatic rings. The first-order valence-corrected chi connectivity index (χ1v) is 7.33. The van der Waals surface area contributed by atoms with Crippen LogP contribution in [0.1, 0.15) is 37.7 Å². The molecule has 2 atom stereocenters. The number of hydrogen-bond donors (Lipinski definition) is 1. The van der Waals surface area contributed by atoms with E-state index < -0.39 is 0 Å². The third-order valence-corrected chi connectivity index (χ3v) is 4.07.